The molecule has 140 valence electrons. The fourth-order valence-electron chi connectivity index (χ4n) is 4.43. The van der Waals surface area contributed by atoms with Gasteiger partial charge in [-0.05, 0) is 50.6 Å². The number of carbonyl (C=O) groups is 1. The predicted octanol–water partition coefficient (Wildman–Crippen LogP) is 1.89. The molecule has 6 nitrogen and oxygen atoms in total. The van der Waals surface area contributed by atoms with Crippen molar-refractivity contribution in [3.63, 3.8) is 0 Å². The molecule has 4 rings (SSSR count). The number of rotatable bonds is 6. The minimum atomic E-state index is -0.540. The average molecular weight is 375 g/mol. The molecule has 0 spiro atoms. The molecule has 0 aromatic carbocycles. The van der Waals surface area contributed by atoms with Crippen molar-refractivity contribution in [1.82, 2.24) is 20.0 Å². The standard InChI is InChI=1S/C19H26N4O2S/c1-19(2,18-21-9-13-14(26-4)6-5-7-23(13)18)22-17(24)16-11-8-20-12(10-25-3)15(11)16/h5-7,9,11-12,15-16,20H,8,10H2,1-4H3,(H,22,24). The van der Waals surface area contributed by atoms with Crippen LogP contribution < -0.4 is 10.6 Å². The van der Waals surface area contributed by atoms with Crippen LogP contribution in [-0.2, 0) is 15.1 Å². The lowest BCUT2D eigenvalue weighted by Crippen LogP contribution is -2.45. The number of fused-ring (bicyclic) bond motifs is 2. The lowest BCUT2D eigenvalue weighted by molar-refractivity contribution is -0.125. The molecule has 1 aliphatic carbocycles. The number of pyridine rings is 1. The number of methoxy groups -OCH3 is 1. The summed E-state index contributed by atoms with van der Waals surface area (Å²) in [5, 5.41) is 6.69. The van der Waals surface area contributed by atoms with Crippen LogP contribution in [0.1, 0.15) is 19.7 Å². The van der Waals surface area contributed by atoms with Gasteiger partial charge in [0.2, 0.25) is 5.91 Å². The van der Waals surface area contributed by atoms with Crippen molar-refractivity contribution in [2.45, 2.75) is 30.3 Å². The minimum Gasteiger partial charge on any atom is -0.383 e. The summed E-state index contributed by atoms with van der Waals surface area (Å²) >= 11 is 1.70. The monoisotopic (exact) mass is 374 g/mol. The van der Waals surface area contributed by atoms with Crippen LogP contribution in [0, 0.1) is 17.8 Å². The number of hydrogen-bond acceptors (Lipinski definition) is 5. The molecule has 0 bridgehead atoms. The van der Waals surface area contributed by atoms with E-state index in [1.807, 2.05) is 32.3 Å². The molecule has 1 saturated heterocycles. The van der Waals surface area contributed by atoms with E-state index in [0.717, 1.165) is 17.9 Å². The van der Waals surface area contributed by atoms with Gasteiger partial charge in [0.25, 0.3) is 0 Å². The molecule has 7 heteroatoms. The second kappa shape index (κ2) is 6.55. The first kappa shape index (κ1) is 17.8. The fourth-order valence-corrected chi connectivity index (χ4v) is 5.01. The number of nitrogens with one attached hydrogen (secondary N) is 2. The highest BCUT2D eigenvalue weighted by Crippen LogP contribution is 2.52. The summed E-state index contributed by atoms with van der Waals surface area (Å²) in [6.45, 7) is 5.61. The number of carbonyl (C=O) groups excluding carboxylic acids is 1. The van der Waals surface area contributed by atoms with E-state index in [0.29, 0.717) is 24.5 Å². The quantitative estimate of drug-likeness (QED) is 0.756. The smallest absolute Gasteiger partial charge is 0.224 e. The van der Waals surface area contributed by atoms with Gasteiger partial charge in [-0.2, -0.15) is 0 Å². The first-order chi connectivity index (χ1) is 12.5. The number of nitrogens with zero attached hydrogens (tertiary/aromatic N) is 2. The molecule has 2 aromatic heterocycles. The number of imidazole rings is 1. The Morgan fingerprint density at radius 3 is 3.08 bits per heavy atom. The number of amides is 1. The molecule has 2 aliphatic rings. The summed E-state index contributed by atoms with van der Waals surface area (Å²) in [4.78, 5) is 18.7. The summed E-state index contributed by atoms with van der Waals surface area (Å²) < 4.78 is 7.35. The van der Waals surface area contributed by atoms with Crippen molar-refractivity contribution >= 4 is 23.2 Å². The van der Waals surface area contributed by atoms with Gasteiger partial charge in [0.05, 0.1) is 23.9 Å². The molecule has 1 saturated carbocycles. The van der Waals surface area contributed by atoms with Gasteiger partial charge in [0.15, 0.2) is 0 Å². The molecule has 4 atom stereocenters. The van der Waals surface area contributed by atoms with Crippen molar-refractivity contribution < 1.29 is 9.53 Å². The van der Waals surface area contributed by atoms with Gasteiger partial charge < -0.3 is 19.8 Å². The van der Waals surface area contributed by atoms with Crippen LogP contribution in [-0.4, -0.2) is 47.9 Å². The summed E-state index contributed by atoms with van der Waals surface area (Å²) in [7, 11) is 1.71. The highest BCUT2D eigenvalue weighted by molar-refractivity contribution is 7.98. The number of ether oxygens (including phenoxy) is 1. The zero-order valence-corrected chi connectivity index (χ0v) is 16.5. The van der Waals surface area contributed by atoms with E-state index < -0.39 is 5.54 Å². The van der Waals surface area contributed by atoms with Gasteiger partial charge >= 0.3 is 0 Å². The third-order valence-electron chi connectivity index (χ3n) is 5.71. The van der Waals surface area contributed by atoms with Crippen molar-refractivity contribution in [3.05, 3.63) is 30.4 Å². The molecule has 2 N–H and O–H groups in total. The molecule has 4 unspecified atom stereocenters. The van der Waals surface area contributed by atoms with E-state index in [9.17, 15) is 4.79 Å². The van der Waals surface area contributed by atoms with E-state index in [2.05, 4.69) is 32.3 Å². The highest BCUT2D eigenvalue weighted by atomic mass is 32.2. The van der Waals surface area contributed by atoms with Crippen molar-refractivity contribution in [1.29, 1.82) is 0 Å². The maximum Gasteiger partial charge on any atom is 0.224 e. The third kappa shape index (κ3) is 2.82. The topological polar surface area (TPSA) is 67.7 Å². The van der Waals surface area contributed by atoms with E-state index in [4.69, 9.17) is 4.74 Å². The zero-order valence-electron chi connectivity index (χ0n) is 15.7. The second-order valence-corrected chi connectivity index (χ2v) is 8.61. The lowest BCUT2D eigenvalue weighted by Gasteiger charge is -2.26. The maximum absolute atomic E-state index is 12.9. The molecule has 1 aliphatic heterocycles. The van der Waals surface area contributed by atoms with Crippen LogP contribution >= 0.6 is 11.8 Å². The zero-order chi connectivity index (χ0) is 18.5. The van der Waals surface area contributed by atoms with Crippen LogP contribution in [0.15, 0.2) is 29.4 Å². The van der Waals surface area contributed by atoms with E-state index in [1.165, 1.54) is 4.90 Å². The van der Waals surface area contributed by atoms with Crippen LogP contribution in [0.3, 0.4) is 0 Å². The molecule has 2 aromatic rings. The van der Waals surface area contributed by atoms with E-state index >= 15 is 0 Å². The van der Waals surface area contributed by atoms with Gasteiger partial charge in [-0.25, -0.2) is 4.98 Å². The molecular weight excluding hydrogens is 348 g/mol. The highest BCUT2D eigenvalue weighted by Gasteiger charge is 2.61. The van der Waals surface area contributed by atoms with Crippen molar-refractivity contribution in [2.75, 3.05) is 26.5 Å². The van der Waals surface area contributed by atoms with Crippen LogP contribution in [0.25, 0.3) is 5.52 Å². The van der Waals surface area contributed by atoms with Gasteiger partial charge in [-0.15, -0.1) is 11.8 Å². The summed E-state index contributed by atoms with van der Waals surface area (Å²) in [5.74, 6) is 1.90. The molecule has 3 heterocycles. The van der Waals surface area contributed by atoms with Gasteiger partial charge in [-0.1, -0.05) is 0 Å². The van der Waals surface area contributed by atoms with Gasteiger partial charge in [-0.3, -0.25) is 4.79 Å². The first-order valence-electron chi connectivity index (χ1n) is 9.03. The fraction of sp³-hybridized carbons (Fsp3) is 0.579. The Hall–Kier alpha value is -1.57. The average Bonchev–Trinajstić information content (AvgIpc) is 2.94. The SMILES string of the molecule is COCC1NCC2C(C(=O)NC(C)(C)c3ncc4c(SC)cccn34)C12. The third-order valence-corrected chi connectivity index (χ3v) is 6.49. The first-order valence-corrected chi connectivity index (χ1v) is 10.3. The van der Waals surface area contributed by atoms with Crippen LogP contribution in [0.5, 0.6) is 0 Å². The Bertz CT molecular complexity index is 834. The Morgan fingerprint density at radius 1 is 1.54 bits per heavy atom. The summed E-state index contributed by atoms with van der Waals surface area (Å²) in [6.07, 6.45) is 5.96. The molecule has 2 fully saturated rings. The number of thioether (sulfide) groups is 1. The molecule has 0 radical (unpaired) electrons. The molecular formula is C19H26N4O2S. The minimum absolute atomic E-state index is 0.0867. The Morgan fingerprint density at radius 2 is 2.35 bits per heavy atom. The van der Waals surface area contributed by atoms with Crippen molar-refractivity contribution in [3.8, 4) is 0 Å². The predicted molar refractivity (Wildman–Crippen MR) is 102 cm³/mol. The number of aromatic nitrogens is 2. The van der Waals surface area contributed by atoms with E-state index in [-0.39, 0.29) is 11.8 Å². The largest absolute Gasteiger partial charge is 0.383 e. The van der Waals surface area contributed by atoms with Gasteiger partial charge in [0.1, 0.15) is 5.82 Å². The van der Waals surface area contributed by atoms with E-state index in [1.54, 1.807) is 18.9 Å². The van der Waals surface area contributed by atoms with Crippen molar-refractivity contribution in [2.24, 2.45) is 17.8 Å². The maximum atomic E-state index is 12.9. The second-order valence-electron chi connectivity index (χ2n) is 7.76. The molecule has 1 amide bonds. The Balaban J connectivity index is 1.52. The number of piperidine rings is 1. The molecule has 26 heavy (non-hydrogen) atoms. The van der Waals surface area contributed by atoms with Gasteiger partial charge in [0, 0.05) is 30.2 Å². The normalized spacial score (nSPS) is 27.5. The van der Waals surface area contributed by atoms with Crippen LogP contribution in [0.4, 0.5) is 0 Å². The lowest BCUT2D eigenvalue weighted by atomic mass is 10.0. The summed E-state index contributed by atoms with van der Waals surface area (Å²) in [6, 6.07) is 4.40. The number of hydrogen-bond donors (Lipinski definition) is 2. The Labute approximate surface area is 158 Å². The summed E-state index contributed by atoms with van der Waals surface area (Å²) in [5.41, 5.74) is 0.534. The van der Waals surface area contributed by atoms with Crippen LogP contribution in [0.2, 0.25) is 0 Å². The Kier molecular flexibility index (Phi) is 4.49.